The van der Waals surface area contributed by atoms with E-state index in [1.54, 1.807) is 18.2 Å². The molecule has 2 aromatic carbocycles. The lowest BCUT2D eigenvalue weighted by Gasteiger charge is -2.11. The second kappa shape index (κ2) is 10.8. The van der Waals surface area contributed by atoms with Gasteiger partial charge in [0.2, 0.25) is 15.9 Å². The van der Waals surface area contributed by atoms with E-state index in [1.807, 2.05) is 42.7 Å². The zero-order valence-electron chi connectivity index (χ0n) is 19.7. The SMILES string of the molecule is CCn1c(CCC(=O)NCCCOc2cccc(C)c2)nc2cc(S(=O)(=O)N(C)C)ccc21. The number of hydrogen-bond acceptors (Lipinski definition) is 5. The molecule has 0 atom stereocenters. The molecule has 0 bridgehead atoms. The third-order valence-corrected chi connectivity index (χ3v) is 7.18. The maximum atomic E-state index is 12.4. The molecule has 178 valence electrons. The molecule has 0 aliphatic heterocycles. The molecule has 8 nitrogen and oxygen atoms in total. The molecule has 0 radical (unpaired) electrons. The summed E-state index contributed by atoms with van der Waals surface area (Å²) in [5.74, 6) is 1.56. The molecule has 0 saturated carbocycles. The lowest BCUT2D eigenvalue weighted by molar-refractivity contribution is -0.121. The Morgan fingerprint density at radius 1 is 1.18 bits per heavy atom. The maximum Gasteiger partial charge on any atom is 0.242 e. The molecule has 1 aromatic heterocycles. The number of rotatable bonds is 11. The minimum Gasteiger partial charge on any atom is -0.494 e. The number of nitrogens with one attached hydrogen (secondary N) is 1. The Morgan fingerprint density at radius 2 is 1.97 bits per heavy atom. The quantitative estimate of drug-likeness (QED) is 0.433. The van der Waals surface area contributed by atoms with Gasteiger partial charge >= 0.3 is 0 Å². The largest absolute Gasteiger partial charge is 0.494 e. The average molecular weight is 473 g/mol. The number of amides is 1. The standard InChI is InChI=1S/C24H32N4O4S/c1-5-28-22-11-10-20(33(30,31)27(3)4)17-21(22)26-23(28)12-13-24(29)25-14-7-15-32-19-9-6-8-18(2)16-19/h6,8-11,16-17H,5,7,12-15H2,1-4H3,(H,25,29). The highest BCUT2D eigenvalue weighted by atomic mass is 32.2. The van der Waals surface area contributed by atoms with E-state index >= 15 is 0 Å². The zero-order valence-corrected chi connectivity index (χ0v) is 20.5. The minimum atomic E-state index is -3.53. The number of sulfonamides is 1. The first-order chi connectivity index (χ1) is 15.7. The molecule has 33 heavy (non-hydrogen) atoms. The van der Waals surface area contributed by atoms with Crippen molar-refractivity contribution in [3.8, 4) is 5.75 Å². The van der Waals surface area contributed by atoms with Crippen molar-refractivity contribution >= 4 is 27.0 Å². The molecule has 1 heterocycles. The van der Waals surface area contributed by atoms with Crippen LogP contribution in [0.4, 0.5) is 0 Å². The monoisotopic (exact) mass is 472 g/mol. The summed E-state index contributed by atoms with van der Waals surface area (Å²) in [5, 5.41) is 2.92. The van der Waals surface area contributed by atoms with Gasteiger partial charge in [-0.2, -0.15) is 0 Å². The minimum absolute atomic E-state index is 0.0452. The molecular formula is C24H32N4O4S. The number of fused-ring (bicyclic) bond motifs is 1. The van der Waals surface area contributed by atoms with Crippen LogP contribution < -0.4 is 10.1 Å². The van der Waals surface area contributed by atoms with Crippen LogP contribution in [0.25, 0.3) is 11.0 Å². The van der Waals surface area contributed by atoms with E-state index in [0.717, 1.165) is 29.1 Å². The van der Waals surface area contributed by atoms with Crippen LogP contribution in [0.1, 0.15) is 31.2 Å². The second-order valence-corrected chi connectivity index (χ2v) is 10.2. The smallest absolute Gasteiger partial charge is 0.242 e. The van der Waals surface area contributed by atoms with Crippen molar-refractivity contribution in [1.82, 2.24) is 19.2 Å². The maximum absolute atomic E-state index is 12.4. The third-order valence-electron chi connectivity index (χ3n) is 5.37. The van der Waals surface area contributed by atoms with Gasteiger partial charge in [-0.15, -0.1) is 0 Å². The number of carbonyl (C=O) groups excluding carboxylic acids is 1. The van der Waals surface area contributed by atoms with Gasteiger partial charge in [0.15, 0.2) is 0 Å². The molecule has 0 unspecified atom stereocenters. The molecule has 0 aliphatic rings. The molecule has 0 saturated heterocycles. The lowest BCUT2D eigenvalue weighted by atomic mass is 10.2. The van der Waals surface area contributed by atoms with E-state index in [9.17, 15) is 13.2 Å². The van der Waals surface area contributed by atoms with Crippen molar-refractivity contribution in [2.24, 2.45) is 0 Å². The number of aryl methyl sites for hydroxylation is 3. The summed E-state index contributed by atoms with van der Waals surface area (Å²) in [5.41, 5.74) is 2.62. The van der Waals surface area contributed by atoms with E-state index < -0.39 is 10.0 Å². The van der Waals surface area contributed by atoms with Crippen LogP contribution in [0.5, 0.6) is 5.75 Å². The summed E-state index contributed by atoms with van der Waals surface area (Å²) in [4.78, 5) is 17.1. The predicted octanol–water partition coefficient (Wildman–Crippen LogP) is 3.13. The fraction of sp³-hybridized carbons (Fsp3) is 0.417. The fourth-order valence-corrected chi connectivity index (χ4v) is 4.51. The molecular weight excluding hydrogens is 440 g/mol. The Morgan fingerprint density at radius 3 is 2.67 bits per heavy atom. The van der Waals surface area contributed by atoms with Crippen molar-refractivity contribution in [2.75, 3.05) is 27.2 Å². The first kappa shape index (κ1) is 24.7. The summed E-state index contributed by atoms with van der Waals surface area (Å²) in [7, 11) is -0.524. The van der Waals surface area contributed by atoms with Crippen LogP contribution >= 0.6 is 0 Å². The highest BCUT2D eigenvalue weighted by Crippen LogP contribution is 2.22. The Hall–Kier alpha value is -2.91. The summed E-state index contributed by atoms with van der Waals surface area (Å²) >= 11 is 0. The highest BCUT2D eigenvalue weighted by molar-refractivity contribution is 7.89. The van der Waals surface area contributed by atoms with Crippen molar-refractivity contribution in [2.45, 2.75) is 44.6 Å². The number of imidazole rings is 1. The third kappa shape index (κ3) is 6.11. The molecule has 3 aromatic rings. The van der Waals surface area contributed by atoms with Crippen LogP contribution in [0.3, 0.4) is 0 Å². The Labute approximate surface area is 195 Å². The van der Waals surface area contributed by atoms with Gasteiger partial charge in [0.25, 0.3) is 0 Å². The summed E-state index contributed by atoms with van der Waals surface area (Å²) in [6.45, 7) is 5.78. The predicted molar refractivity (Wildman–Crippen MR) is 129 cm³/mol. The van der Waals surface area contributed by atoms with E-state index in [-0.39, 0.29) is 10.8 Å². The van der Waals surface area contributed by atoms with Gasteiger partial charge in [-0.05, 0) is 56.2 Å². The highest BCUT2D eigenvalue weighted by Gasteiger charge is 2.19. The molecule has 9 heteroatoms. The van der Waals surface area contributed by atoms with Crippen molar-refractivity contribution in [3.63, 3.8) is 0 Å². The topological polar surface area (TPSA) is 93.5 Å². The fourth-order valence-electron chi connectivity index (χ4n) is 3.58. The Balaban J connectivity index is 1.54. The number of benzene rings is 2. The van der Waals surface area contributed by atoms with Crippen LogP contribution in [0, 0.1) is 6.92 Å². The molecule has 1 amide bonds. The number of hydrogen-bond donors (Lipinski definition) is 1. The van der Waals surface area contributed by atoms with Crippen molar-refractivity contribution in [3.05, 3.63) is 53.9 Å². The van der Waals surface area contributed by atoms with Gasteiger partial charge in [-0.1, -0.05) is 12.1 Å². The summed E-state index contributed by atoms with van der Waals surface area (Å²) < 4.78 is 33.7. The summed E-state index contributed by atoms with van der Waals surface area (Å²) in [6, 6.07) is 12.8. The molecule has 0 aliphatic carbocycles. The first-order valence-electron chi connectivity index (χ1n) is 11.1. The summed E-state index contributed by atoms with van der Waals surface area (Å²) in [6.07, 6.45) is 1.51. The normalized spacial score (nSPS) is 11.8. The number of carbonyl (C=O) groups is 1. The molecule has 1 N–H and O–H groups in total. The van der Waals surface area contributed by atoms with Crippen LogP contribution in [0.15, 0.2) is 47.4 Å². The van der Waals surface area contributed by atoms with E-state index in [0.29, 0.717) is 38.1 Å². The number of nitrogens with zero attached hydrogens (tertiary/aromatic N) is 3. The number of ether oxygens (including phenoxy) is 1. The number of aromatic nitrogens is 2. The van der Waals surface area contributed by atoms with Crippen molar-refractivity contribution < 1.29 is 17.9 Å². The Bertz CT molecular complexity index is 1220. The van der Waals surface area contributed by atoms with Gasteiger partial charge < -0.3 is 14.6 Å². The first-order valence-corrected chi connectivity index (χ1v) is 12.5. The molecule has 0 fully saturated rings. The van der Waals surface area contributed by atoms with Crippen LogP contribution in [0.2, 0.25) is 0 Å². The van der Waals surface area contributed by atoms with Gasteiger partial charge in [0, 0.05) is 40.0 Å². The lowest BCUT2D eigenvalue weighted by Crippen LogP contribution is -2.26. The Kier molecular flexibility index (Phi) is 8.10. The van der Waals surface area contributed by atoms with Crippen LogP contribution in [-0.2, 0) is 27.8 Å². The van der Waals surface area contributed by atoms with E-state index in [4.69, 9.17) is 4.74 Å². The van der Waals surface area contributed by atoms with Gasteiger partial charge in [0.1, 0.15) is 11.6 Å². The van der Waals surface area contributed by atoms with Crippen molar-refractivity contribution in [1.29, 1.82) is 0 Å². The zero-order chi connectivity index (χ0) is 24.0. The average Bonchev–Trinajstić information content (AvgIpc) is 3.14. The van der Waals surface area contributed by atoms with Crippen LogP contribution in [-0.4, -0.2) is 55.4 Å². The molecule has 0 spiro atoms. The van der Waals surface area contributed by atoms with Gasteiger partial charge in [-0.25, -0.2) is 17.7 Å². The van der Waals surface area contributed by atoms with Gasteiger partial charge in [-0.3, -0.25) is 4.79 Å². The van der Waals surface area contributed by atoms with E-state index in [2.05, 4.69) is 10.3 Å². The second-order valence-electron chi connectivity index (χ2n) is 8.08. The van der Waals surface area contributed by atoms with E-state index in [1.165, 1.54) is 18.4 Å². The molecule has 3 rings (SSSR count). The van der Waals surface area contributed by atoms with Gasteiger partial charge in [0.05, 0.1) is 22.5 Å².